The van der Waals surface area contributed by atoms with Crippen LogP contribution in [0.3, 0.4) is 0 Å². The lowest BCUT2D eigenvalue weighted by Crippen LogP contribution is -2.50. The van der Waals surface area contributed by atoms with E-state index < -0.39 is 16.1 Å². The van der Waals surface area contributed by atoms with Crippen molar-refractivity contribution in [3.05, 3.63) is 0 Å². The van der Waals surface area contributed by atoms with Crippen molar-refractivity contribution >= 4 is 15.9 Å². The van der Waals surface area contributed by atoms with Gasteiger partial charge in [0.05, 0.1) is 18.9 Å². The maximum Gasteiger partial charge on any atom is 0.242 e. The molecule has 1 amide bonds. The smallest absolute Gasteiger partial charge is 0.242 e. The van der Waals surface area contributed by atoms with Crippen LogP contribution in [0.1, 0.15) is 32.1 Å². The molecule has 0 spiro atoms. The summed E-state index contributed by atoms with van der Waals surface area (Å²) in [6.45, 7) is 0.454. The Morgan fingerprint density at radius 2 is 2.05 bits per heavy atom. The van der Waals surface area contributed by atoms with E-state index >= 15 is 0 Å². The Morgan fingerprint density at radius 1 is 1.41 bits per heavy atom. The van der Waals surface area contributed by atoms with Gasteiger partial charge in [0, 0.05) is 26.1 Å². The van der Waals surface area contributed by atoms with E-state index in [0.29, 0.717) is 6.42 Å². The molecule has 2 aliphatic rings. The van der Waals surface area contributed by atoms with Crippen molar-refractivity contribution in [2.45, 2.75) is 50.3 Å². The number of rotatable bonds is 5. The first-order chi connectivity index (χ1) is 10.4. The second-order valence-corrected chi connectivity index (χ2v) is 7.99. The van der Waals surface area contributed by atoms with Crippen molar-refractivity contribution in [2.24, 2.45) is 0 Å². The summed E-state index contributed by atoms with van der Waals surface area (Å²) in [5.74, 6) is 2.35. The van der Waals surface area contributed by atoms with Gasteiger partial charge in [-0.15, -0.1) is 6.42 Å². The molecule has 2 fully saturated rings. The van der Waals surface area contributed by atoms with Crippen LogP contribution in [0.25, 0.3) is 0 Å². The molecule has 0 N–H and O–H groups in total. The predicted octanol–water partition coefficient (Wildman–Crippen LogP) is 0.440. The van der Waals surface area contributed by atoms with E-state index in [9.17, 15) is 13.2 Å². The van der Waals surface area contributed by atoms with Crippen LogP contribution in [0.2, 0.25) is 0 Å². The average molecular weight is 328 g/mol. The highest BCUT2D eigenvalue weighted by atomic mass is 32.2. The summed E-state index contributed by atoms with van der Waals surface area (Å²) in [6.07, 6.45) is 10.7. The first-order valence-electron chi connectivity index (χ1n) is 7.62. The SMILES string of the molecule is C#CCN(C(=O)[C@H]1C[C@H](OC)CN1S(C)(=O)=O)C1CCCC1. The maximum absolute atomic E-state index is 12.9. The molecule has 1 aliphatic carbocycles. The van der Waals surface area contributed by atoms with Gasteiger partial charge < -0.3 is 9.64 Å². The second-order valence-electron chi connectivity index (χ2n) is 6.05. The third-order valence-corrected chi connectivity index (χ3v) is 5.83. The molecule has 124 valence electrons. The summed E-state index contributed by atoms with van der Waals surface area (Å²) in [7, 11) is -1.92. The van der Waals surface area contributed by atoms with E-state index in [1.807, 2.05) is 0 Å². The largest absolute Gasteiger partial charge is 0.380 e. The minimum absolute atomic E-state index is 0.131. The zero-order valence-electron chi connectivity index (χ0n) is 13.2. The number of ether oxygens (including phenoxy) is 1. The highest BCUT2D eigenvalue weighted by Crippen LogP contribution is 2.28. The van der Waals surface area contributed by atoms with E-state index in [0.717, 1.165) is 31.9 Å². The lowest BCUT2D eigenvalue weighted by Gasteiger charge is -2.32. The molecule has 7 heteroatoms. The Kier molecular flexibility index (Phi) is 5.48. The summed E-state index contributed by atoms with van der Waals surface area (Å²) < 4.78 is 30.5. The molecule has 1 saturated carbocycles. The molecule has 0 aromatic heterocycles. The third kappa shape index (κ3) is 3.62. The number of carbonyl (C=O) groups excluding carboxylic acids is 1. The Morgan fingerprint density at radius 3 is 2.55 bits per heavy atom. The molecule has 0 aromatic rings. The van der Waals surface area contributed by atoms with Crippen LogP contribution in [0.5, 0.6) is 0 Å². The van der Waals surface area contributed by atoms with Gasteiger partial charge in [-0.2, -0.15) is 4.31 Å². The predicted molar refractivity (Wildman–Crippen MR) is 83.6 cm³/mol. The average Bonchev–Trinajstić information content (AvgIpc) is 3.12. The van der Waals surface area contributed by atoms with Gasteiger partial charge >= 0.3 is 0 Å². The van der Waals surface area contributed by atoms with Gasteiger partial charge in [-0.1, -0.05) is 18.8 Å². The van der Waals surface area contributed by atoms with E-state index in [4.69, 9.17) is 11.2 Å². The lowest BCUT2D eigenvalue weighted by molar-refractivity contribution is -0.136. The van der Waals surface area contributed by atoms with E-state index in [1.165, 1.54) is 11.4 Å². The number of hydrogen-bond acceptors (Lipinski definition) is 4. The van der Waals surface area contributed by atoms with Crippen molar-refractivity contribution in [3.8, 4) is 12.3 Å². The Hall–Kier alpha value is -1.10. The topological polar surface area (TPSA) is 66.9 Å². The summed E-state index contributed by atoms with van der Waals surface area (Å²) >= 11 is 0. The fourth-order valence-corrected chi connectivity index (χ4v) is 4.50. The van der Waals surface area contributed by atoms with Crippen molar-refractivity contribution in [1.29, 1.82) is 0 Å². The molecule has 2 rings (SSSR count). The zero-order valence-corrected chi connectivity index (χ0v) is 14.0. The molecule has 1 saturated heterocycles. The highest BCUT2D eigenvalue weighted by molar-refractivity contribution is 7.88. The van der Waals surface area contributed by atoms with Crippen LogP contribution in [0.4, 0.5) is 0 Å². The molecular weight excluding hydrogens is 304 g/mol. The number of hydrogen-bond donors (Lipinski definition) is 0. The van der Waals surface area contributed by atoms with Gasteiger partial charge in [-0.3, -0.25) is 4.79 Å². The van der Waals surface area contributed by atoms with Gasteiger partial charge in [0.1, 0.15) is 6.04 Å². The first-order valence-corrected chi connectivity index (χ1v) is 9.47. The number of nitrogens with zero attached hydrogens (tertiary/aromatic N) is 2. The Bertz CT molecular complexity index is 548. The molecule has 2 atom stereocenters. The van der Waals surface area contributed by atoms with E-state index in [1.54, 1.807) is 4.90 Å². The van der Waals surface area contributed by atoms with Gasteiger partial charge in [0.2, 0.25) is 15.9 Å². The van der Waals surface area contributed by atoms with E-state index in [-0.39, 0.29) is 31.1 Å². The second kappa shape index (κ2) is 6.99. The molecule has 0 aromatic carbocycles. The van der Waals surface area contributed by atoms with Gasteiger partial charge in [0.25, 0.3) is 0 Å². The number of terminal acetylenes is 1. The maximum atomic E-state index is 12.9. The summed E-state index contributed by atoms with van der Waals surface area (Å²) in [5, 5.41) is 0. The molecule has 22 heavy (non-hydrogen) atoms. The monoisotopic (exact) mass is 328 g/mol. The molecule has 6 nitrogen and oxygen atoms in total. The van der Waals surface area contributed by atoms with Crippen LogP contribution in [-0.4, -0.2) is 68.2 Å². The number of amides is 1. The quantitative estimate of drug-likeness (QED) is 0.687. The Labute approximate surface area is 132 Å². The normalized spacial score (nSPS) is 27.0. The first kappa shape index (κ1) is 17.3. The van der Waals surface area contributed by atoms with Crippen LogP contribution < -0.4 is 0 Å². The third-order valence-electron chi connectivity index (χ3n) is 4.57. The van der Waals surface area contributed by atoms with Crippen LogP contribution in [0.15, 0.2) is 0 Å². The minimum Gasteiger partial charge on any atom is -0.380 e. The summed E-state index contributed by atoms with van der Waals surface area (Å²) in [4.78, 5) is 14.6. The number of methoxy groups -OCH3 is 1. The highest BCUT2D eigenvalue weighted by Gasteiger charge is 2.44. The van der Waals surface area contributed by atoms with Gasteiger partial charge in [-0.25, -0.2) is 8.42 Å². The minimum atomic E-state index is -3.46. The van der Waals surface area contributed by atoms with Crippen molar-refractivity contribution in [1.82, 2.24) is 9.21 Å². The fourth-order valence-electron chi connectivity index (χ4n) is 3.42. The molecule has 0 bridgehead atoms. The van der Waals surface area contributed by atoms with Crippen LogP contribution in [0, 0.1) is 12.3 Å². The Balaban J connectivity index is 2.21. The molecule has 0 radical (unpaired) electrons. The standard InChI is InChI=1S/C15H24N2O4S/c1-4-9-16(12-7-5-6-8-12)15(18)14-10-13(21-2)11-17(14)22(3,19)20/h1,12-14H,5-11H2,2-3H3/t13-,14+/m0/s1. The fraction of sp³-hybridized carbons (Fsp3) is 0.800. The number of sulfonamides is 1. The molecule has 0 unspecified atom stereocenters. The molecule has 1 heterocycles. The van der Waals surface area contributed by atoms with Crippen molar-refractivity contribution in [2.75, 3.05) is 26.5 Å². The van der Waals surface area contributed by atoms with E-state index in [2.05, 4.69) is 5.92 Å². The molecule has 1 aliphatic heterocycles. The molecular formula is C15H24N2O4S. The lowest BCUT2D eigenvalue weighted by atomic mass is 10.1. The van der Waals surface area contributed by atoms with Crippen LogP contribution >= 0.6 is 0 Å². The van der Waals surface area contributed by atoms with Crippen molar-refractivity contribution < 1.29 is 17.9 Å². The van der Waals surface area contributed by atoms with Gasteiger partial charge in [-0.05, 0) is 12.8 Å². The number of carbonyl (C=O) groups is 1. The van der Waals surface area contributed by atoms with Crippen LogP contribution in [-0.2, 0) is 19.6 Å². The zero-order chi connectivity index (χ0) is 16.3. The van der Waals surface area contributed by atoms with Gasteiger partial charge in [0.15, 0.2) is 0 Å². The summed E-state index contributed by atoms with van der Waals surface area (Å²) in [6, 6.07) is -0.569. The van der Waals surface area contributed by atoms with Crippen molar-refractivity contribution in [3.63, 3.8) is 0 Å². The summed E-state index contributed by atoms with van der Waals surface area (Å²) in [5.41, 5.74) is 0.